The third kappa shape index (κ3) is 3.83. The Balaban J connectivity index is 1.42. The highest BCUT2D eigenvalue weighted by Crippen LogP contribution is 2.35. The molecule has 0 saturated heterocycles. The van der Waals surface area contributed by atoms with Gasteiger partial charge in [-0.15, -0.1) is 0 Å². The molecule has 7 nitrogen and oxygen atoms in total. The highest BCUT2D eigenvalue weighted by Gasteiger charge is 2.21. The Morgan fingerprint density at radius 3 is 2.66 bits per heavy atom. The van der Waals surface area contributed by atoms with Gasteiger partial charge < -0.3 is 19.0 Å². The number of aryl methyl sites for hydroxylation is 1. The van der Waals surface area contributed by atoms with Crippen molar-refractivity contribution in [3.63, 3.8) is 0 Å². The summed E-state index contributed by atoms with van der Waals surface area (Å²) in [5, 5.41) is 4.83. The second-order valence-corrected chi connectivity index (χ2v) is 9.08. The van der Waals surface area contributed by atoms with Crippen LogP contribution in [0.25, 0.3) is 33.3 Å². The van der Waals surface area contributed by atoms with Gasteiger partial charge in [0.25, 0.3) is 0 Å². The summed E-state index contributed by atoms with van der Waals surface area (Å²) in [6, 6.07) is 17.0. The number of benzene rings is 2. The number of rotatable bonds is 5. The molecule has 2 aromatic carbocycles. The summed E-state index contributed by atoms with van der Waals surface area (Å²) in [6.45, 7) is 2.13. The molecule has 6 rings (SSSR count). The molecule has 0 spiro atoms. The number of methoxy groups -OCH3 is 1. The Morgan fingerprint density at radius 2 is 1.89 bits per heavy atom. The van der Waals surface area contributed by atoms with Crippen LogP contribution in [0.5, 0.6) is 5.75 Å². The zero-order valence-corrected chi connectivity index (χ0v) is 19.7. The van der Waals surface area contributed by atoms with Gasteiger partial charge in [-0.1, -0.05) is 18.9 Å². The second kappa shape index (κ2) is 8.58. The summed E-state index contributed by atoms with van der Waals surface area (Å²) in [4.78, 5) is 22.3. The van der Waals surface area contributed by atoms with Gasteiger partial charge in [-0.3, -0.25) is 4.79 Å². The third-order valence-electron chi connectivity index (χ3n) is 6.83. The van der Waals surface area contributed by atoms with Crippen LogP contribution in [-0.4, -0.2) is 21.6 Å². The van der Waals surface area contributed by atoms with Crippen molar-refractivity contribution in [2.24, 2.45) is 0 Å². The predicted molar refractivity (Wildman–Crippen MR) is 138 cm³/mol. The SMILES string of the molecule is COc1ccc(-c2cc(=O)c3cccc(Nc4ncc5cc(C)n(C6CCCC6)c5n4)c3o2)cc1. The number of para-hydroxylation sites is 1. The Morgan fingerprint density at radius 1 is 1.09 bits per heavy atom. The first-order valence-corrected chi connectivity index (χ1v) is 11.9. The largest absolute Gasteiger partial charge is 0.497 e. The molecule has 0 unspecified atom stereocenters. The lowest BCUT2D eigenvalue weighted by molar-refractivity contribution is 0.415. The van der Waals surface area contributed by atoms with E-state index in [0.717, 1.165) is 22.3 Å². The lowest BCUT2D eigenvalue weighted by Gasteiger charge is -2.15. The number of anilines is 2. The first-order valence-electron chi connectivity index (χ1n) is 11.9. The molecule has 0 amide bonds. The van der Waals surface area contributed by atoms with Crippen LogP contribution < -0.4 is 15.5 Å². The van der Waals surface area contributed by atoms with E-state index in [1.165, 1.54) is 37.4 Å². The van der Waals surface area contributed by atoms with E-state index in [9.17, 15) is 4.79 Å². The van der Waals surface area contributed by atoms with Crippen molar-refractivity contribution in [3.8, 4) is 17.1 Å². The zero-order valence-electron chi connectivity index (χ0n) is 19.7. The molecule has 0 radical (unpaired) electrons. The smallest absolute Gasteiger partial charge is 0.229 e. The molecule has 1 N–H and O–H groups in total. The van der Waals surface area contributed by atoms with Crippen LogP contribution >= 0.6 is 0 Å². The first-order chi connectivity index (χ1) is 17.1. The molecule has 7 heteroatoms. The van der Waals surface area contributed by atoms with Crippen LogP contribution in [0, 0.1) is 6.92 Å². The van der Waals surface area contributed by atoms with Gasteiger partial charge in [0.2, 0.25) is 5.95 Å². The summed E-state index contributed by atoms with van der Waals surface area (Å²) < 4.78 is 13.8. The highest BCUT2D eigenvalue weighted by molar-refractivity contribution is 5.91. The number of fused-ring (bicyclic) bond motifs is 2. The molecular weight excluding hydrogens is 440 g/mol. The van der Waals surface area contributed by atoms with Crippen LogP contribution in [0.15, 0.2) is 70.0 Å². The maximum Gasteiger partial charge on any atom is 0.229 e. The Kier molecular flexibility index (Phi) is 5.25. The second-order valence-electron chi connectivity index (χ2n) is 9.08. The summed E-state index contributed by atoms with van der Waals surface area (Å²) in [5.41, 5.74) is 3.94. The number of aromatic nitrogens is 3. The molecule has 5 aromatic rings. The summed E-state index contributed by atoms with van der Waals surface area (Å²) >= 11 is 0. The van der Waals surface area contributed by atoms with E-state index in [2.05, 4.69) is 27.9 Å². The maximum atomic E-state index is 12.9. The number of hydrogen-bond donors (Lipinski definition) is 1. The monoisotopic (exact) mass is 466 g/mol. The molecule has 1 saturated carbocycles. The van der Waals surface area contributed by atoms with Gasteiger partial charge in [0.15, 0.2) is 11.0 Å². The molecule has 1 fully saturated rings. The topological polar surface area (TPSA) is 82.2 Å². The minimum atomic E-state index is -0.108. The molecule has 1 aliphatic carbocycles. The number of nitrogens with one attached hydrogen (secondary N) is 1. The van der Waals surface area contributed by atoms with Crippen molar-refractivity contribution in [2.75, 3.05) is 12.4 Å². The third-order valence-corrected chi connectivity index (χ3v) is 6.83. The maximum absolute atomic E-state index is 12.9. The molecule has 3 aromatic heterocycles. The minimum absolute atomic E-state index is 0.108. The van der Waals surface area contributed by atoms with Crippen molar-refractivity contribution in [1.82, 2.24) is 14.5 Å². The molecule has 0 atom stereocenters. The van der Waals surface area contributed by atoms with Crippen LogP contribution in [-0.2, 0) is 0 Å². The van der Waals surface area contributed by atoms with E-state index in [0.29, 0.717) is 34.4 Å². The van der Waals surface area contributed by atoms with Crippen LogP contribution in [0.2, 0.25) is 0 Å². The van der Waals surface area contributed by atoms with E-state index >= 15 is 0 Å². The lowest BCUT2D eigenvalue weighted by Crippen LogP contribution is -2.08. The molecular formula is C28H26N4O3. The summed E-state index contributed by atoms with van der Waals surface area (Å²) in [7, 11) is 1.62. The zero-order chi connectivity index (χ0) is 23.9. The van der Waals surface area contributed by atoms with Gasteiger partial charge in [0.1, 0.15) is 17.2 Å². The lowest BCUT2D eigenvalue weighted by atomic mass is 10.1. The Bertz CT molecular complexity index is 1600. The summed E-state index contributed by atoms with van der Waals surface area (Å²) in [5.74, 6) is 1.70. The van der Waals surface area contributed by atoms with Gasteiger partial charge in [-0.05, 0) is 62.2 Å². The summed E-state index contributed by atoms with van der Waals surface area (Å²) in [6.07, 6.45) is 6.73. The van der Waals surface area contributed by atoms with Gasteiger partial charge in [0, 0.05) is 34.9 Å². The van der Waals surface area contributed by atoms with Crippen molar-refractivity contribution >= 4 is 33.6 Å². The average molecular weight is 467 g/mol. The fourth-order valence-electron chi connectivity index (χ4n) is 5.12. The van der Waals surface area contributed by atoms with Gasteiger partial charge in [-0.25, -0.2) is 4.98 Å². The highest BCUT2D eigenvalue weighted by atomic mass is 16.5. The van der Waals surface area contributed by atoms with E-state index in [1.54, 1.807) is 13.2 Å². The standard InChI is InChI=1S/C28H26N4O3/c1-17-14-19-16-29-28(31-27(19)32(17)20-6-3-4-7-20)30-23-9-5-8-22-24(33)15-25(35-26(22)23)18-10-12-21(34-2)13-11-18/h5,8-16,20H,3-4,6-7H2,1-2H3,(H,29,30,31). The fourth-order valence-corrected chi connectivity index (χ4v) is 5.12. The normalized spacial score (nSPS) is 14.1. The first kappa shape index (κ1) is 21.4. The number of hydrogen-bond acceptors (Lipinski definition) is 6. The van der Waals surface area contributed by atoms with Crippen molar-refractivity contribution < 1.29 is 9.15 Å². The van der Waals surface area contributed by atoms with E-state index < -0.39 is 0 Å². The van der Waals surface area contributed by atoms with Gasteiger partial charge >= 0.3 is 0 Å². The van der Waals surface area contributed by atoms with Gasteiger partial charge in [0.05, 0.1) is 18.2 Å². The average Bonchev–Trinajstić information content (AvgIpc) is 3.51. The minimum Gasteiger partial charge on any atom is -0.497 e. The van der Waals surface area contributed by atoms with E-state index in [-0.39, 0.29) is 5.43 Å². The Hall–Kier alpha value is -4.13. The van der Waals surface area contributed by atoms with Crippen LogP contribution in [0.1, 0.15) is 37.4 Å². The Labute approximate surface area is 202 Å². The molecule has 176 valence electrons. The molecule has 3 heterocycles. The predicted octanol–water partition coefficient (Wildman–Crippen LogP) is 6.38. The quantitative estimate of drug-likeness (QED) is 0.324. The fraction of sp³-hybridized carbons (Fsp3) is 0.250. The van der Waals surface area contributed by atoms with Crippen molar-refractivity contribution in [3.05, 3.63) is 76.7 Å². The van der Waals surface area contributed by atoms with E-state index in [1.807, 2.05) is 42.6 Å². The van der Waals surface area contributed by atoms with Gasteiger partial charge in [-0.2, -0.15) is 4.98 Å². The molecule has 35 heavy (non-hydrogen) atoms. The number of ether oxygens (including phenoxy) is 1. The molecule has 0 aliphatic heterocycles. The molecule has 1 aliphatic rings. The van der Waals surface area contributed by atoms with Crippen molar-refractivity contribution in [2.45, 2.75) is 38.6 Å². The van der Waals surface area contributed by atoms with Crippen LogP contribution in [0.3, 0.4) is 0 Å². The van der Waals surface area contributed by atoms with Crippen LogP contribution in [0.4, 0.5) is 11.6 Å². The van der Waals surface area contributed by atoms with E-state index in [4.69, 9.17) is 14.1 Å². The van der Waals surface area contributed by atoms with Crippen molar-refractivity contribution in [1.29, 1.82) is 0 Å². The number of nitrogens with zero attached hydrogens (tertiary/aromatic N) is 3. The molecule has 0 bridgehead atoms.